The molecule has 0 N–H and O–H groups in total. The normalized spacial score (nSPS) is 10.4. The van der Waals surface area contributed by atoms with Crippen LogP contribution in [0, 0.1) is 13.8 Å². The maximum Gasteiger partial charge on any atom is 0.194 e. The van der Waals surface area contributed by atoms with Crippen molar-refractivity contribution in [2.45, 2.75) is 13.8 Å². The highest BCUT2D eigenvalue weighted by Gasteiger charge is 2.07. The molecule has 5 heteroatoms. The van der Waals surface area contributed by atoms with Crippen LogP contribution in [0.1, 0.15) is 11.1 Å². The van der Waals surface area contributed by atoms with E-state index in [-0.39, 0.29) is 10.3 Å². The largest absolute Gasteiger partial charge is 0.454 e. The van der Waals surface area contributed by atoms with E-state index in [0.29, 0.717) is 11.5 Å². The molecule has 88 valence electrons. The summed E-state index contributed by atoms with van der Waals surface area (Å²) in [5.41, 5.74) is 2.23. The summed E-state index contributed by atoms with van der Waals surface area (Å²) >= 11 is 11.6. The molecular formula is C12H10Cl2N2O. The summed E-state index contributed by atoms with van der Waals surface area (Å²) in [7, 11) is 0. The number of hydrogen-bond acceptors (Lipinski definition) is 3. The van der Waals surface area contributed by atoms with Crippen LogP contribution in [0.15, 0.2) is 24.3 Å². The fourth-order valence-corrected chi connectivity index (χ4v) is 1.80. The van der Waals surface area contributed by atoms with Crippen molar-refractivity contribution in [3.8, 4) is 11.5 Å². The fraction of sp³-hybridized carbons (Fsp3) is 0.167. The van der Waals surface area contributed by atoms with Gasteiger partial charge in [0.05, 0.1) is 0 Å². The van der Waals surface area contributed by atoms with Crippen LogP contribution in [0.25, 0.3) is 0 Å². The quantitative estimate of drug-likeness (QED) is 0.819. The Kier molecular flexibility index (Phi) is 3.50. The Morgan fingerprint density at radius 2 is 1.59 bits per heavy atom. The molecule has 0 spiro atoms. The van der Waals surface area contributed by atoms with E-state index >= 15 is 0 Å². The predicted molar refractivity (Wildman–Crippen MR) is 68.0 cm³/mol. The number of aromatic nitrogens is 2. The SMILES string of the molecule is Cc1cc(C)cc(Oc2cc(Cl)nnc2Cl)c1. The van der Waals surface area contributed by atoms with E-state index in [4.69, 9.17) is 27.9 Å². The van der Waals surface area contributed by atoms with Crippen LogP contribution < -0.4 is 4.74 Å². The third-order valence-electron chi connectivity index (χ3n) is 2.11. The summed E-state index contributed by atoms with van der Waals surface area (Å²) in [6.45, 7) is 4.00. The number of hydrogen-bond donors (Lipinski definition) is 0. The zero-order chi connectivity index (χ0) is 12.4. The first-order valence-corrected chi connectivity index (χ1v) is 5.75. The van der Waals surface area contributed by atoms with Crippen molar-refractivity contribution in [3.05, 3.63) is 45.7 Å². The molecule has 1 aromatic heterocycles. The molecule has 3 nitrogen and oxygen atoms in total. The molecule has 0 aliphatic carbocycles. The average Bonchev–Trinajstić information content (AvgIpc) is 2.22. The van der Waals surface area contributed by atoms with Crippen molar-refractivity contribution < 1.29 is 4.74 Å². The van der Waals surface area contributed by atoms with E-state index in [9.17, 15) is 0 Å². The van der Waals surface area contributed by atoms with E-state index < -0.39 is 0 Å². The molecular weight excluding hydrogens is 259 g/mol. The Bertz CT molecular complexity index is 538. The van der Waals surface area contributed by atoms with Gasteiger partial charge in [-0.2, -0.15) is 0 Å². The Morgan fingerprint density at radius 1 is 0.941 bits per heavy atom. The molecule has 0 fully saturated rings. The second-order valence-corrected chi connectivity index (χ2v) is 4.49. The van der Waals surface area contributed by atoms with Crippen molar-refractivity contribution in [1.29, 1.82) is 0 Å². The minimum absolute atomic E-state index is 0.188. The molecule has 1 aromatic carbocycles. The molecule has 0 saturated carbocycles. The lowest BCUT2D eigenvalue weighted by Gasteiger charge is -2.08. The van der Waals surface area contributed by atoms with Gasteiger partial charge in [-0.15, -0.1) is 10.2 Å². The predicted octanol–water partition coefficient (Wildman–Crippen LogP) is 4.19. The van der Waals surface area contributed by atoms with Crippen LogP contribution in [0.3, 0.4) is 0 Å². The molecule has 0 amide bonds. The van der Waals surface area contributed by atoms with Crippen LogP contribution in [-0.4, -0.2) is 10.2 Å². The zero-order valence-electron chi connectivity index (χ0n) is 9.37. The molecule has 0 aliphatic rings. The number of ether oxygens (including phenoxy) is 1. The second kappa shape index (κ2) is 4.90. The monoisotopic (exact) mass is 268 g/mol. The smallest absolute Gasteiger partial charge is 0.194 e. The van der Waals surface area contributed by atoms with Crippen molar-refractivity contribution in [3.63, 3.8) is 0 Å². The van der Waals surface area contributed by atoms with Crippen LogP contribution in [-0.2, 0) is 0 Å². The lowest BCUT2D eigenvalue weighted by Crippen LogP contribution is -1.91. The van der Waals surface area contributed by atoms with Gasteiger partial charge in [-0.1, -0.05) is 29.3 Å². The van der Waals surface area contributed by atoms with Gasteiger partial charge in [-0.05, 0) is 37.1 Å². The Labute approximate surface area is 109 Å². The maximum absolute atomic E-state index is 5.87. The van der Waals surface area contributed by atoms with Crippen LogP contribution in [0.5, 0.6) is 11.5 Å². The lowest BCUT2D eigenvalue weighted by atomic mass is 10.1. The summed E-state index contributed by atoms with van der Waals surface area (Å²) in [5, 5.41) is 7.73. The van der Waals surface area contributed by atoms with Crippen LogP contribution >= 0.6 is 23.2 Å². The molecule has 0 aliphatic heterocycles. The molecule has 1 heterocycles. The van der Waals surface area contributed by atoms with E-state index in [2.05, 4.69) is 16.3 Å². The Hall–Kier alpha value is -1.32. The third-order valence-corrected chi connectivity index (χ3v) is 2.56. The highest BCUT2D eigenvalue weighted by atomic mass is 35.5. The summed E-state index contributed by atoms with van der Waals surface area (Å²) in [4.78, 5) is 0. The van der Waals surface area contributed by atoms with Crippen molar-refractivity contribution in [1.82, 2.24) is 10.2 Å². The summed E-state index contributed by atoms with van der Waals surface area (Å²) < 4.78 is 5.63. The number of aryl methyl sites for hydroxylation is 2. The van der Waals surface area contributed by atoms with Gasteiger partial charge in [0.25, 0.3) is 0 Å². The van der Waals surface area contributed by atoms with E-state index in [1.807, 2.05) is 26.0 Å². The molecule has 2 rings (SSSR count). The van der Waals surface area contributed by atoms with E-state index in [0.717, 1.165) is 11.1 Å². The van der Waals surface area contributed by atoms with E-state index in [1.54, 1.807) is 0 Å². The van der Waals surface area contributed by atoms with Gasteiger partial charge in [-0.25, -0.2) is 0 Å². The molecule has 2 aromatic rings. The Balaban J connectivity index is 2.34. The first kappa shape index (κ1) is 12.1. The van der Waals surface area contributed by atoms with Gasteiger partial charge in [-0.3, -0.25) is 0 Å². The van der Waals surface area contributed by atoms with Gasteiger partial charge < -0.3 is 4.74 Å². The summed E-state index contributed by atoms with van der Waals surface area (Å²) in [6.07, 6.45) is 0. The molecule has 0 unspecified atom stereocenters. The molecule has 0 bridgehead atoms. The van der Waals surface area contributed by atoms with Gasteiger partial charge in [0, 0.05) is 6.07 Å². The fourth-order valence-electron chi connectivity index (χ4n) is 1.53. The van der Waals surface area contributed by atoms with Crippen LogP contribution in [0.4, 0.5) is 0 Å². The summed E-state index contributed by atoms with van der Waals surface area (Å²) in [5.74, 6) is 1.10. The first-order valence-electron chi connectivity index (χ1n) is 4.99. The lowest BCUT2D eigenvalue weighted by molar-refractivity contribution is 0.478. The Morgan fingerprint density at radius 3 is 2.24 bits per heavy atom. The van der Waals surface area contributed by atoms with Crippen molar-refractivity contribution in [2.75, 3.05) is 0 Å². The van der Waals surface area contributed by atoms with Gasteiger partial charge in [0.2, 0.25) is 0 Å². The van der Waals surface area contributed by atoms with Crippen molar-refractivity contribution in [2.24, 2.45) is 0 Å². The molecule has 0 radical (unpaired) electrons. The second-order valence-electron chi connectivity index (χ2n) is 3.75. The van der Waals surface area contributed by atoms with Crippen LogP contribution in [0.2, 0.25) is 10.3 Å². The summed E-state index contributed by atoms with van der Waals surface area (Å²) in [6, 6.07) is 7.43. The minimum atomic E-state index is 0.188. The van der Waals surface area contributed by atoms with E-state index in [1.165, 1.54) is 6.07 Å². The highest BCUT2D eigenvalue weighted by Crippen LogP contribution is 2.29. The number of halogens is 2. The average molecular weight is 269 g/mol. The number of nitrogens with zero attached hydrogens (tertiary/aromatic N) is 2. The highest BCUT2D eigenvalue weighted by molar-refractivity contribution is 6.32. The maximum atomic E-state index is 5.87. The standard InChI is InChI=1S/C12H10Cl2N2O/c1-7-3-8(2)5-9(4-7)17-10-6-11(13)15-16-12(10)14/h3-6H,1-2H3. The van der Waals surface area contributed by atoms with Gasteiger partial charge in [0.1, 0.15) is 5.75 Å². The number of rotatable bonds is 2. The van der Waals surface area contributed by atoms with Gasteiger partial charge in [0.15, 0.2) is 16.1 Å². The zero-order valence-corrected chi connectivity index (χ0v) is 10.9. The topological polar surface area (TPSA) is 35.0 Å². The number of benzene rings is 1. The third kappa shape index (κ3) is 3.08. The van der Waals surface area contributed by atoms with Crippen molar-refractivity contribution >= 4 is 23.2 Å². The molecule has 0 saturated heterocycles. The minimum Gasteiger partial charge on any atom is -0.454 e. The molecule has 17 heavy (non-hydrogen) atoms. The van der Waals surface area contributed by atoms with Gasteiger partial charge >= 0.3 is 0 Å². The first-order chi connectivity index (χ1) is 8.04. The molecule has 0 atom stereocenters.